The van der Waals surface area contributed by atoms with Gasteiger partial charge in [-0.25, -0.2) is 0 Å². The summed E-state index contributed by atoms with van der Waals surface area (Å²) >= 11 is 5.93. The van der Waals surface area contributed by atoms with Gasteiger partial charge >= 0.3 is 5.97 Å². The Morgan fingerprint density at radius 2 is 2.25 bits per heavy atom. The second-order valence-corrected chi connectivity index (χ2v) is 6.37. The molecule has 1 heterocycles. The molecule has 0 saturated carbocycles. The maximum absolute atomic E-state index is 11.5. The Morgan fingerprint density at radius 1 is 1.50 bits per heavy atom. The molecule has 88 valence electrons. The van der Waals surface area contributed by atoms with E-state index >= 15 is 0 Å². The molecular formula is C9H10BrNO3S2. The highest BCUT2D eigenvalue weighted by atomic mass is 79.9. The van der Waals surface area contributed by atoms with Gasteiger partial charge in [-0.15, -0.1) is 23.1 Å². The van der Waals surface area contributed by atoms with Gasteiger partial charge in [-0.3, -0.25) is 9.59 Å². The fourth-order valence-corrected chi connectivity index (χ4v) is 2.79. The van der Waals surface area contributed by atoms with Crippen LogP contribution >= 0.6 is 39.0 Å². The standard InChI is InChI=1S/C9H10BrNO3S2/c10-7-2-1-6(16-7)9(14)11-3-4-15-5-8(12)13/h1-2H,3-5H2,(H,11,14)(H,12,13). The lowest BCUT2D eigenvalue weighted by Gasteiger charge is -2.01. The van der Waals surface area contributed by atoms with Crippen LogP contribution in [0.1, 0.15) is 9.67 Å². The largest absolute Gasteiger partial charge is 0.481 e. The molecule has 0 radical (unpaired) electrons. The van der Waals surface area contributed by atoms with E-state index < -0.39 is 5.97 Å². The van der Waals surface area contributed by atoms with Gasteiger partial charge in [0.1, 0.15) is 0 Å². The molecule has 0 bridgehead atoms. The highest BCUT2D eigenvalue weighted by Crippen LogP contribution is 2.21. The molecule has 0 aromatic carbocycles. The Balaban J connectivity index is 2.18. The molecule has 2 N–H and O–H groups in total. The molecule has 7 heteroatoms. The van der Waals surface area contributed by atoms with E-state index in [0.29, 0.717) is 17.2 Å². The van der Waals surface area contributed by atoms with E-state index in [2.05, 4.69) is 21.2 Å². The van der Waals surface area contributed by atoms with Crippen LogP contribution in [0.4, 0.5) is 0 Å². The van der Waals surface area contributed by atoms with E-state index in [9.17, 15) is 9.59 Å². The summed E-state index contributed by atoms with van der Waals surface area (Å²) in [4.78, 5) is 22.4. The number of rotatable bonds is 6. The third-order valence-electron chi connectivity index (χ3n) is 1.55. The van der Waals surface area contributed by atoms with Crippen molar-refractivity contribution in [3.05, 3.63) is 20.8 Å². The van der Waals surface area contributed by atoms with Crippen LogP contribution in [0.5, 0.6) is 0 Å². The van der Waals surface area contributed by atoms with E-state index in [1.807, 2.05) is 6.07 Å². The Morgan fingerprint density at radius 3 is 2.81 bits per heavy atom. The van der Waals surface area contributed by atoms with Crippen LogP contribution in [0.3, 0.4) is 0 Å². The normalized spacial score (nSPS) is 10.1. The number of carboxylic acid groups (broad SMARTS) is 1. The highest BCUT2D eigenvalue weighted by Gasteiger charge is 2.07. The minimum Gasteiger partial charge on any atom is -0.481 e. The van der Waals surface area contributed by atoms with Crippen molar-refractivity contribution < 1.29 is 14.7 Å². The first-order chi connectivity index (χ1) is 7.59. The van der Waals surface area contributed by atoms with Gasteiger partial charge in [-0.2, -0.15) is 0 Å². The maximum Gasteiger partial charge on any atom is 0.313 e. The summed E-state index contributed by atoms with van der Waals surface area (Å²) < 4.78 is 0.915. The van der Waals surface area contributed by atoms with Crippen LogP contribution in [0.25, 0.3) is 0 Å². The number of thioether (sulfide) groups is 1. The van der Waals surface area contributed by atoms with Gasteiger partial charge in [0.15, 0.2) is 0 Å². The minimum absolute atomic E-state index is 0.0699. The third-order valence-corrected chi connectivity index (χ3v) is 4.12. The van der Waals surface area contributed by atoms with Crippen LogP contribution in [-0.2, 0) is 4.79 Å². The molecule has 0 aliphatic heterocycles. The van der Waals surface area contributed by atoms with Gasteiger partial charge in [0.2, 0.25) is 0 Å². The number of hydrogen-bond donors (Lipinski definition) is 2. The average molecular weight is 324 g/mol. The fourth-order valence-electron chi connectivity index (χ4n) is 0.920. The van der Waals surface area contributed by atoms with Gasteiger partial charge < -0.3 is 10.4 Å². The number of carbonyl (C=O) groups excluding carboxylic acids is 1. The number of carboxylic acids is 1. The molecule has 0 fully saturated rings. The zero-order valence-corrected chi connectivity index (χ0v) is 11.5. The first kappa shape index (κ1) is 13.5. The maximum atomic E-state index is 11.5. The highest BCUT2D eigenvalue weighted by molar-refractivity contribution is 9.11. The fraction of sp³-hybridized carbons (Fsp3) is 0.333. The van der Waals surface area contributed by atoms with E-state index in [1.165, 1.54) is 23.1 Å². The van der Waals surface area contributed by atoms with Gasteiger partial charge in [-0.05, 0) is 28.1 Å². The molecule has 4 nitrogen and oxygen atoms in total. The molecular weight excluding hydrogens is 314 g/mol. The molecule has 0 saturated heterocycles. The van der Waals surface area contributed by atoms with Crippen LogP contribution in [0.15, 0.2) is 15.9 Å². The van der Waals surface area contributed by atoms with Crippen LogP contribution in [0, 0.1) is 0 Å². The molecule has 1 aromatic heterocycles. The van der Waals surface area contributed by atoms with E-state index in [-0.39, 0.29) is 11.7 Å². The quantitative estimate of drug-likeness (QED) is 0.786. The number of halogens is 1. The zero-order chi connectivity index (χ0) is 12.0. The van der Waals surface area contributed by atoms with Gasteiger partial charge in [0, 0.05) is 12.3 Å². The molecule has 1 amide bonds. The third kappa shape index (κ3) is 5.00. The van der Waals surface area contributed by atoms with E-state index in [0.717, 1.165) is 3.79 Å². The second kappa shape index (κ2) is 6.93. The molecule has 0 unspecified atom stereocenters. The minimum atomic E-state index is -0.835. The lowest BCUT2D eigenvalue weighted by molar-refractivity contribution is -0.133. The Bertz CT molecular complexity index is 381. The SMILES string of the molecule is O=C(O)CSCCNC(=O)c1ccc(Br)s1. The van der Waals surface area contributed by atoms with Gasteiger partial charge in [0.05, 0.1) is 14.4 Å². The molecule has 1 aromatic rings. The lowest BCUT2D eigenvalue weighted by Crippen LogP contribution is -2.25. The summed E-state index contributed by atoms with van der Waals surface area (Å²) in [6.07, 6.45) is 0. The average Bonchev–Trinajstić information content (AvgIpc) is 2.63. The Kier molecular flexibility index (Phi) is 5.86. The first-order valence-electron chi connectivity index (χ1n) is 4.42. The summed E-state index contributed by atoms with van der Waals surface area (Å²) in [6.45, 7) is 0.478. The molecule has 16 heavy (non-hydrogen) atoms. The van der Waals surface area contributed by atoms with Crippen molar-refractivity contribution in [2.75, 3.05) is 18.1 Å². The summed E-state index contributed by atoms with van der Waals surface area (Å²) in [5.41, 5.74) is 0. The van der Waals surface area contributed by atoms with Crippen LogP contribution in [-0.4, -0.2) is 35.0 Å². The molecule has 0 atom stereocenters. The predicted molar refractivity (Wildman–Crippen MR) is 69.3 cm³/mol. The van der Waals surface area contributed by atoms with Gasteiger partial charge in [0.25, 0.3) is 5.91 Å². The van der Waals surface area contributed by atoms with Crippen molar-refractivity contribution in [1.29, 1.82) is 0 Å². The Labute approximate surface area is 110 Å². The molecule has 0 aliphatic rings. The van der Waals surface area contributed by atoms with Gasteiger partial charge in [-0.1, -0.05) is 0 Å². The smallest absolute Gasteiger partial charge is 0.313 e. The van der Waals surface area contributed by atoms with Crippen molar-refractivity contribution in [2.45, 2.75) is 0 Å². The van der Waals surface area contributed by atoms with Crippen molar-refractivity contribution in [2.24, 2.45) is 0 Å². The predicted octanol–water partition coefficient (Wildman–Crippen LogP) is 2.06. The van der Waals surface area contributed by atoms with Crippen molar-refractivity contribution in [3.8, 4) is 0 Å². The summed E-state index contributed by atoms with van der Waals surface area (Å²) in [5.74, 6) is -0.282. The molecule has 0 spiro atoms. The Hall–Kier alpha value is -0.530. The zero-order valence-electron chi connectivity index (χ0n) is 8.23. The number of aliphatic carboxylic acids is 1. The first-order valence-corrected chi connectivity index (χ1v) is 7.19. The number of hydrogen-bond acceptors (Lipinski definition) is 4. The summed E-state index contributed by atoms with van der Waals surface area (Å²) in [6, 6.07) is 3.56. The van der Waals surface area contributed by atoms with Crippen LogP contribution in [0.2, 0.25) is 0 Å². The number of carbonyl (C=O) groups is 2. The summed E-state index contributed by atoms with van der Waals surface area (Å²) in [7, 11) is 0. The van der Waals surface area contributed by atoms with E-state index in [1.54, 1.807) is 6.07 Å². The summed E-state index contributed by atoms with van der Waals surface area (Å²) in [5, 5.41) is 11.1. The van der Waals surface area contributed by atoms with Crippen molar-refractivity contribution in [3.63, 3.8) is 0 Å². The number of amides is 1. The van der Waals surface area contributed by atoms with E-state index in [4.69, 9.17) is 5.11 Å². The topological polar surface area (TPSA) is 66.4 Å². The molecule has 1 rings (SSSR count). The van der Waals surface area contributed by atoms with Crippen LogP contribution < -0.4 is 5.32 Å². The second-order valence-electron chi connectivity index (χ2n) is 2.81. The lowest BCUT2D eigenvalue weighted by atomic mass is 10.4. The number of nitrogens with one attached hydrogen (secondary N) is 1. The number of thiophene rings is 1. The molecule has 0 aliphatic carbocycles. The van der Waals surface area contributed by atoms with Crippen molar-refractivity contribution >= 4 is 50.9 Å². The van der Waals surface area contributed by atoms with Crippen molar-refractivity contribution in [1.82, 2.24) is 5.32 Å². The monoisotopic (exact) mass is 323 g/mol.